The molecule has 1 aliphatic rings. The number of carbonyl (C=O) groups is 1. The molecule has 1 aromatic carbocycles. The van der Waals surface area contributed by atoms with Crippen molar-refractivity contribution in [1.82, 2.24) is 15.5 Å². The third kappa shape index (κ3) is 2.42. The Morgan fingerprint density at radius 3 is 3.05 bits per heavy atom. The number of fused-ring (bicyclic) bond motifs is 1. The summed E-state index contributed by atoms with van der Waals surface area (Å²) in [7, 11) is 0. The van der Waals surface area contributed by atoms with E-state index < -0.39 is 0 Å². The van der Waals surface area contributed by atoms with Gasteiger partial charge in [-0.2, -0.15) is 5.10 Å². The van der Waals surface area contributed by atoms with Gasteiger partial charge in [-0.05, 0) is 30.7 Å². The second-order valence-corrected chi connectivity index (χ2v) is 4.93. The molecule has 1 aliphatic heterocycles. The Hall–Kier alpha value is -2.21. The van der Waals surface area contributed by atoms with Crippen LogP contribution in [0.1, 0.15) is 27.3 Å². The number of H-pyrrole nitrogens is 1. The van der Waals surface area contributed by atoms with Gasteiger partial charge in [-0.25, -0.2) is 4.39 Å². The molecule has 0 atom stereocenters. The monoisotopic (exact) mass is 274 g/mol. The second-order valence-electron chi connectivity index (χ2n) is 4.93. The van der Waals surface area contributed by atoms with E-state index in [2.05, 4.69) is 20.8 Å². The van der Waals surface area contributed by atoms with Gasteiger partial charge in [0.1, 0.15) is 5.82 Å². The van der Waals surface area contributed by atoms with E-state index in [4.69, 9.17) is 0 Å². The average Bonchev–Trinajstić information content (AvgIpc) is 2.81. The van der Waals surface area contributed by atoms with Crippen LogP contribution in [0.5, 0.6) is 0 Å². The summed E-state index contributed by atoms with van der Waals surface area (Å²) in [4.78, 5) is 12.2. The smallest absolute Gasteiger partial charge is 0.276 e. The lowest BCUT2D eigenvalue weighted by molar-refractivity contribution is 0.102. The van der Waals surface area contributed by atoms with Gasteiger partial charge in [0.05, 0.1) is 0 Å². The van der Waals surface area contributed by atoms with E-state index in [9.17, 15) is 9.18 Å². The zero-order valence-electron chi connectivity index (χ0n) is 11.1. The highest BCUT2D eigenvalue weighted by Gasteiger charge is 2.21. The molecule has 6 heteroatoms. The molecule has 1 amide bonds. The lowest BCUT2D eigenvalue weighted by Gasteiger charge is -2.13. The van der Waals surface area contributed by atoms with Crippen LogP contribution in [0.15, 0.2) is 18.2 Å². The summed E-state index contributed by atoms with van der Waals surface area (Å²) in [6.07, 6.45) is 0.828. The number of rotatable bonds is 2. The Morgan fingerprint density at radius 2 is 2.25 bits per heavy atom. The van der Waals surface area contributed by atoms with Crippen molar-refractivity contribution in [2.24, 2.45) is 0 Å². The fraction of sp³-hybridized carbons (Fsp3) is 0.286. The van der Waals surface area contributed by atoms with Crippen molar-refractivity contribution < 1.29 is 9.18 Å². The fourth-order valence-electron chi connectivity index (χ4n) is 2.41. The van der Waals surface area contributed by atoms with Crippen LogP contribution in [0, 0.1) is 12.7 Å². The van der Waals surface area contributed by atoms with E-state index in [-0.39, 0.29) is 11.7 Å². The zero-order valence-corrected chi connectivity index (χ0v) is 11.1. The molecule has 0 saturated heterocycles. The molecule has 0 fully saturated rings. The van der Waals surface area contributed by atoms with Crippen LogP contribution in [0.4, 0.5) is 10.1 Å². The van der Waals surface area contributed by atoms with E-state index in [0.29, 0.717) is 17.9 Å². The first-order valence-electron chi connectivity index (χ1n) is 6.49. The summed E-state index contributed by atoms with van der Waals surface area (Å²) in [5.74, 6) is -0.692. The SMILES string of the molecule is Cc1cc(F)cc(NC(=O)c2n[nH]c3c2CNCC3)c1. The van der Waals surface area contributed by atoms with Crippen molar-refractivity contribution in [3.05, 3.63) is 46.5 Å². The Balaban J connectivity index is 1.84. The molecule has 0 radical (unpaired) electrons. The number of halogens is 1. The summed E-state index contributed by atoms with van der Waals surface area (Å²) in [5, 5.41) is 12.9. The van der Waals surface area contributed by atoms with Gasteiger partial charge in [0.25, 0.3) is 5.91 Å². The first-order chi connectivity index (χ1) is 9.63. The molecule has 3 N–H and O–H groups in total. The molecule has 0 bridgehead atoms. The number of hydrogen-bond donors (Lipinski definition) is 3. The number of carbonyl (C=O) groups excluding carboxylic acids is 1. The molecule has 0 saturated carbocycles. The lowest BCUT2D eigenvalue weighted by atomic mass is 10.1. The maximum Gasteiger partial charge on any atom is 0.276 e. The van der Waals surface area contributed by atoms with Crippen molar-refractivity contribution in [2.75, 3.05) is 11.9 Å². The molecule has 20 heavy (non-hydrogen) atoms. The first kappa shape index (κ1) is 12.8. The van der Waals surface area contributed by atoms with Crippen molar-refractivity contribution >= 4 is 11.6 Å². The van der Waals surface area contributed by atoms with Crippen molar-refractivity contribution in [2.45, 2.75) is 19.9 Å². The number of benzene rings is 1. The highest BCUT2D eigenvalue weighted by molar-refractivity contribution is 6.04. The minimum Gasteiger partial charge on any atom is -0.320 e. The van der Waals surface area contributed by atoms with Crippen LogP contribution in [-0.4, -0.2) is 22.6 Å². The molecule has 2 heterocycles. The van der Waals surface area contributed by atoms with Gasteiger partial charge >= 0.3 is 0 Å². The quantitative estimate of drug-likeness (QED) is 0.781. The minimum atomic E-state index is -0.369. The summed E-state index contributed by atoms with van der Waals surface area (Å²) < 4.78 is 13.3. The Bertz CT molecular complexity index is 645. The van der Waals surface area contributed by atoms with Gasteiger partial charge in [0.2, 0.25) is 0 Å². The number of amides is 1. The van der Waals surface area contributed by atoms with Crippen LogP contribution in [-0.2, 0) is 13.0 Å². The topological polar surface area (TPSA) is 69.8 Å². The van der Waals surface area contributed by atoms with E-state index in [1.54, 1.807) is 13.0 Å². The minimum absolute atomic E-state index is 0.323. The molecule has 5 nitrogen and oxygen atoms in total. The molecule has 1 aromatic heterocycles. The molecule has 0 spiro atoms. The number of nitrogens with one attached hydrogen (secondary N) is 3. The fourth-order valence-corrected chi connectivity index (χ4v) is 2.41. The van der Waals surface area contributed by atoms with E-state index in [0.717, 1.165) is 29.8 Å². The Kier molecular flexibility index (Phi) is 3.23. The summed E-state index contributed by atoms with van der Waals surface area (Å²) in [5.41, 5.74) is 3.44. The van der Waals surface area contributed by atoms with Crippen LogP contribution in [0.25, 0.3) is 0 Å². The van der Waals surface area contributed by atoms with E-state index in [1.165, 1.54) is 12.1 Å². The van der Waals surface area contributed by atoms with Gasteiger partial charge in [-0.15, -0.1) is 0 Å². The summed E-state index contributed by atoms with van der Waals surface area (Å²) >= 11 is 0. The van der Waals surface area contributed by atoms with Crippen LogP contribution < -0.4 is 10.6 Å². The summed E-state index contributed by atoms with van der Waals surface area (Å²) in [6, 6.07) is 4.43. The maximum absolute atomic E-state index is 13.3. The predicted octanol–water partition coefficient (Wildman–Crippen LogP) is 1.76. The van der Waals surface area contributed by atoms with Crippen molar-refractivity contribution in [1.29, 1.82) is 0 Å². The average molecular weight is 274 g/mol. The van der Waals surface area contributed by atoms with Gasteiger partial charge in [-0.1, -0.05) is 0 Å². The summed E-state index contributed by atoms with van der Waals surface area (Å²) in [6.45, 7) is 3.27. The number of nitrogens with zero attached hydrogens (tertiary/aromatic N) is 1. The third-order valence-electron chi connectivity index (χ3n) is 3.32. The van der Waals surface area contributed by atoms with Crippen molar-refractivity contribution in [3.8, 4) is 0 Å². The third-order valence-corrected chi connectivity index (χ3v) is 3.32. The number of aromatic nitrogens is 2. The molecule has 104 valence electrons. The second kappa shape index (κ2) is 5.05. The molecule has 2 aromatic rings. The number of aryl methyl sites for hydroxylation is 1. The van der Waals surface area contributed by atoms with Crippen LogP contribution in [0.3, 0.4) is 0 Å². The normalized spacial score (nSPS) is 13.9. The number of aromatic amines is 1. The number of hydrogen-bond acceptors (Lipinski definition) is 3. The molecule has 0 unspecified atom stereocenters. The molecule has 3 rings (SSSR count). The lowest BCUT2D eigenvalue weighted by Crippen LogP contribution is -2.25. The molecular weight excluding hydrogens is 259 g/mol. The van der Waals surface area contributed by atoms with E-state index >= 15 is 0 Å². The Labute approximate surface area is 115 Å². The zero-order chi connectivity index (χ0) is 14.1. The van der Waals surface area contributed by atoms with Crippen LogP contribution >= 0.6 is 0 Å². The largest absolute Gasteiger partial charge is 0.320 e. The number of anilines is 1. The first-order valence-corrected chi connectivity index (χ1v) is 6.49. The van der Waals surface area contributed by atoms with Crippen LogP contribution in [0.2, 0.25) is 0 Å². The van der Waals surface area contributed by atoms with Gasteiger partial charge < -0.3 is 10.6 Å². The van der Waals surface area contributed by atoms with E-state index in [1.807, 2.05) is 0 Å². The van der Waals surface area contributed by atoms with Crippen molar-refractivity contribution in [3.63, 3.8) is 0 Å². The van der Waals surface area contributed by atoms with Gasteiger partial charge in [-0.3, -0.25) is 9.89 Å². The molecular formula is C14H15FN4O. The Morgan fingerprint density at radius 1 is 1.40 bits per heavy atom. The van der Waals surface area contributed by atoms with Gasteiger partial charge in [0, 0.05) is 36.5 Å². The highest BCUT2D eigenvalue weighted by atomic mass is 19.1. The molecule has 0 aliphatic carbocycles. The highest BCUT2D eigenvalue weighted by Crippen LogP contribution is 2.18. The predicted molar refractivity (Wildman–Crippen MR) is 73.1 cm³/mol. The standard InChI is InChI=1S/C14H15FN4O/c1-8-4-9(15)6-10(5-8)17-14(20)13-11-7-16-3-2-12(11)18-19-13/h4-6,16H,2-3,7H2,1H3,(H,17,20)(H,18,19). The maximum atomic E-state index is 13.3. The van der Waals surface area contributed by atoms with Gasteiger partial charge in [0.15, 0.2) is 5.69 Å².